The molecule has 2 nitrogen and oxygen atoms in total. The molecule has 8 aromatic rings. The first-order valence-electron chi connectivity index (χ1n) is 13.6. The summed E-state index contributed by atoms with van der Waals surface area (Å²) in [6.07, 6.45) is 0.984. The Morgan fingerprint density at radius 3 is 2.23 bits per heavy atom. The van der Waals surface area contributed by atoms with Crippen LogP contribution >= 0.6 is 0 Å². The van der Waals surface area contributed by atoms with Crippen molar-refractivity contribution in [2.45, 2.75) is 6.42 Å². The van der Waals surface area contributed by atoms with Crippen LogP contribution in [0.5, 0.6) is 0 Å². The number of hydrogen-bond donors (Lipinski definition) is 1. The lowest BCUT2D eigenvalue weighted by molar-refractivity contribution is 1.18. The molecular formula is C37H24N2. The van der Waals surface area contributed by atoms with E-state index in [9.17, 15) is 0 Å². The number of aromatic amines is 1. The van der Waals surface area contributed by atoms with Gasteiger partial charge in [-0.3, -0.25) is 0 Å². The molecule has 0 bridgehead atoms. The number of nitrogens with one attached hydrogen (secondary N) is 1. The number of nitrogens with zero attached hydrogens (tertiary/aromatic N) is 1. The number of aromatic nitrogens is 2. The molecule has 0 atom stereocenters. The van der Waals surface area contributed by atoms with E-state index in [0.29, 0.717) is 0 Å². The van der Waals surface area contributed by atoms with Crippen molar-refractivity contribution in [3.05, 3.63) is 139 Å². The molecule has 0 fully saturated rings. The van der Waals surface area contributed by atoms with Crippen LogP contribution in [-0.2, 0) is 6.42 Å². The Hall–Kier alpha value is -5.08. The molecule has 0 saturated heterocycles. The predicted octanol–water partition coefficient (Wildman–Crippen LogP) is 9.66. The minimum Gasteiger partial charge on any atom is -0.354 e. The molecular weight excluding hydrogens is 472 g/mol. The highest BCUT2D eigenvalue weighted by Crippen LogP contribution is 2.44. The van der Waals surface area contributed by atoms with Crippen LogP contribution in [-0.4, -0.2) is 9.55 Å². The second kappa shape index (κ2) is 7.72. The van der Waals surface area contributed by atoms with Crippen molar-refractivity contribution in [2.24, 2.45) is 0 Å². The number of rotatable bonds is 2. The summed E-state index contributed by atoms with van der Waals surface area (Å²) in [5.41, 5.74) is 14.2. The van der Waals surface area contributed by atoms with Crippen LogP contribution in [0.15, 0.2) is 127 Å². The van der Waals surface area contributed by atoms with E-state index < -0.39 is 0 Å². The van der Waals surface area contributed by atoms with E-state index in [0.717, 1.165) is 6.42 Å². The average molecular weight is 497 g/mol. The Labute approximate surface area is 225 Å². The molecule has 0 saturated carbocycles. The Balaban J connectivity index is 1.39. The first kappa shape index (κ1) is 20.9. The van der Waals surface area contributed by atoms with Gasteiger partial charge in [-0.1, -0.05) is 84.9 Å². The third-order valence-corrected chi connectivity index (χ3v) is 8.57. The van der Waals surface area contributed by atoms with Crippen LogP contribution < -0.4 is 0 Å². The Kier molecular flexibility index (Phi) is 4.14. The lowest BCUT2D eigenvalue weighted by Crippen LogP contribution is -1.93. The first-order valence-corrected chi connectivity index (χ1v) is 13.6. The molecule has 0 radical (unpaired) electrons. The number of benzene rings is 6. The Bertz CT molecular complexity index is 2250. The molecule has 2 aromatic heterocycles. The Morgan fingerprint density at radius 1 is 0.513 bits per heavy atom. The highest BCUT2D eigenvalue weighted by atomic mass is 15.0. The molecule has 1 N–H and O–H groups in total. The third-order valence-electron chi connectivity index (χ3n) is 8.57. The summed E-state index contributed by atoms with van der Waals surface area (Å²) in [4.78, 5) is 3.66. The summed E-state index contributed by atoms with van der Waals surface area (Å²) in [6, 6.07) is 46.6. The standard InChI is InChI=1S/C37H24N2/c1-2-10-25(11-3-1)39-34-19-17-24(27-14-8-15-28-26-12-5-4-9-23(26)21-30(27)28)22-31(34)37-35(39)20-18-33-36(37)29-13-6-7-16-32(29)38-33/h1-20,22,38H,21H2. The van der Waals surface area contributed by atoms with Gasteiger partial charge in [0, 0.05) is 38.3 Å². The molecule has 0 amide bonds. The van der Waals surface area contributed by atoms with Gasteiger partial charge in [-0.05, 0) is 82.3 Å². The van der Waals surface area contributed by atoms with Gasteiger partial charge in [0.15, 0.2) is 0 Å². The highest BCUT2D eigenvalue weighted by molar-refractivity contribution is 6.28. The fourth-order valence-electron chi connectivity index (χ4n) is 6.90. The summed E-state index contributed by atoms with van der Waals surface area (Å²) in [5, 5.41) is 5.16. The van der Waals surface area contributed by atoms with Gasteiger partial charge in [0.1, 0.15) is 0 Å². The van der Waals surface area contributed by atoms with E-state index in [1.165, 1.54) is 82.7 Å². The van der Waals surface area contributed by atoms with Crippen molar-refractivity contribution in [1.82, 2.24) is 9.55 Å². The Morgan fingerprint density at radius 2 is 1.28 bits per heavy atom. The molecule has 9 rings (SSSR count). The number of fused-ring (bicyclic) bond motifs is 10. The van der Waals surface area contributed by atoms with Crippen LogP contribution in [0.4, 0.5) is 0 Å². The summed E-state index contributed by atoms with van der Waals surface area (Å²) in [5.74, 6) is 0. The number of H-pyrrole nitrogens is 1. The largest absolute Gasteiger partial charge is 0.354 e. The minimum absolute atomic E-state index is 0.984. The first-order chi connectivity index (χ1) is 19.3. The van der Waals surface area contributed by atoms with Gasteiger partial charge in [0.2, 0.25) is 0 Å². The molecule has 182 valence electrons. The van der Waals surface area contributed by atoms with Crippen molar-refractivity contribution in [3.63, 3.8) is 0 Å². The lowest BCUT2D eigenvalue weighted by Gasteiger charge is -2.11. The van der Waals surface area contributed by atoms with Crippen LogP contribution in [0.25, 0.3) is 71.6 Å². The molecule has 6 aromatic carbocycles. The van der Waals surface area contributed by atoms with Gasteiger partial charge in [-0.2, -0.15) is 0 Å². The van der Waals surface area contributed by atoms with Crippen LogP contribution in [0.2, 0.25) is 0 Å². The molecule has 39 heavy (non-hydrogen) atoms. The molecule has 0 aliphatic heterocycles. The van der Waals surface area contributed by atoms with Crippen LogP contribution in [0.3, 0.4) is 0 Å². The quantitative estimate of drug-likeness (QED) is 0.246. The summed E-state index contributed by atoms with van der Waals surface area (Å²) >= 11 is 0. The molecule has 2 heteroatoms. The van der Waals surface area contributed by atoms with Gasteiger partial charge in [-0.15, -0.1) is 0 Å². The average Bonchev–Trinajstić information content (AvgIpc) is 3.66. The van der Waals surface area contributed by atoms with Crippen LogP contribution in [0.1, 0.15) is 11.1 Å². The van der Waals surface area contributed by atoms with E-state index in [4.69, 9.17) is 0 Å². The SMILES string of the molecule is c1ccc(-n2c3ccc(-c4cccc5c4Cc4ccccc4-5)cc3c3c4c(ccc32)[nH]c2ccccc24)cc1. The summed E-state index contributed by atoms with van der Waals surface area (Å²) in [6.45, 7) is 0. The highest BCUT2D eigenvalue weighted by Gasteiger charge is 2.22. The maximum Gasteiger partial charge on any atom is 0.0548 e. The molecule has 0 unspecified atom stereocenters. The fourth-order valence-corrected chi connectivity index (χ4v) is 6.90. The summed E-state index contributed by atoms with van der Waals surface area (Å²) in [7, 11) is 0. The third kappa shape index (κ3) is 2.86. The fraction of sp³-hybridized carbons (Fsp3) is 0.0270. The zero-order valence-electron chi connectivity index (χ0n) is 21.3. The zero-order valence-corrected chi connectivity index (χ0v) is 21.3. The molecule has 1 aliphatic rings. The topological polar surface area (TPSA) is 20.7 Å². The maximum absolute atomic E-state index is 3.66. The number of para-hydroxylation sites is 2. The smallest absolute Gasteiger partial charge is 0.0548 e. The van der Waals surface area contributed by atoms with Gasteiger partial charge in [-0.25, -0.2) is 0 Å². The van der Waals surface area contributed by atoms with Crippen LogP contribution in [0, 0.1) is 0 Å². The normalized spacial score (nSPS) is 12.5. The van der Waals surface area contributed by atoms with E-state index >= 15 is 0 Å². The van der Waals surface area contributed by atoms with Gasteiger partial charge in [0.25, 0.3) is 0 Å². The van der Waals surface area contributed by atoms with Crippen molar-refractivity contribution < 1.29 is 0 Å². The second-order valence-electron chi connectivity index (χ2n) is 10.6. The van der Waals surface area contributed by atoms with E-state index in [1.807, 2.05) is 0 Å². The zero-order chi connectivity index (χ0) is 25.5. The number of hydrogen-bond acceptors (Lipinski definition) is 0. The van der Waals surface area contributed by atoms with Gasteiger partial charge < -0.3 is 9.55 Å². The van der Waals surface area contributed by atoms with Gasteiger partial charge >= 0.3 is 0 Å². The molecule has 1 aliphatic carbocycles. The lowest BCUT2D eigenvalue weighted by atomic mass is 9.94. The molecule has 0 spiro atoms. The monoisotopic (exact) mass is 496 g/mol. The van der Waals surface area contributed by atoms with E-state index in [1.54, 1.807) is 0 Å². The summed E-state index contributed by atoms with van der Waals surface area (Å²) < 4.78 is 2.42. The van der Waals surface area contributed by atoms with Crippen molar-refractivity contribution in [1.29, 1.82) is 0 Å². The minimum atomic E-state index is 0.984. The van der Waals surface area contributed by atoms with Crippen molar-refractivity contribution >= 4 is 43.6 Å². The van der Waals surface area contributed by atoms with E-state index in [-0.39, 0.29) is 0 Å². The van der Waals surface area contributed by atoms with Crippen molar-refractivity contribution in [3.8, 4) is 27.9 Å². The second-order valence-corrected chi connectivity index (χ2v) is 10.6. The maximum atomic E-state index is 3.66. The predicted molar refractivity (Wildman–Crippen MR) is 164 cm³/mol. The van der Waals surface area contributed by atoms with Gasteiger partial charge in [0.05, 0.1) is 11.0 Å². The van der Waals surface area contributed by atoms with Crippen molar-refractivity contribution in [2.75, 3.05) is 0 Å². The van der Waals surface area contributed by atoms with E-state index in [2.05, 4.69) is 137 Å². The molecule has 2 heterocycles.